The van der Waals surface area contributed by atoms with E-state index in [4.69, 9.17) is 33.2 Å². The molecule has 118 valence electrons. The third-order valence-electron chi connectivity index (χ3n) is 3.16. The van der Waals surface area contributed by atoms with Crippen LogP contribution < -0.4 is 10.1 Å². The van der Waals surface area contributed by atoms with Crippen molar-refractivity contribution in [1.82, 2.24) is 5.32 Å². The maximum Gasteiger partial charge on any atom is 0.258 e. The van der Waals surface area contributed by atoms with Gasteiger partial charge in [-0.1, -0.05) is 29.3 Å². The van der Waals surface area contributed by atoms with Crippen molar-refractivity contribution in [2.24, 2.45) is 0 Å². The highest BCUT2D eigenvalue weighted by Crippen LogP contribution is 2.26. The monoisotopic (exact) mass is 348 g/mol. The summed E-state index contributed by atoms with van der Waals surface area (Å²) in [4.78, 5) is 11.9. The van der Waals surface area contributed by atoms with Gasteiger partial charge in [0.25, 0.3) is 5.91 Å². The summed E-state index contributed by atoms with van der Waals surface area (Å²) >= 11 is 12.0. The van der Waals surface area contributed by atoms with Crippen molar-refractivity contribution in [2.45, 2.75) is 13.0 Å². The van der Waals surface area contributed by atoms with Gasteiger partial charge in [-0.05, 0) is 48.9 Å². The summed E-state index contributed by atoms with van der Waals surface area (Å²) in [5.41, 5.74) is 1.32. The predicted molar refractivity (Wildman–Crippen MR) is 89.7 cm³/mol. The SMILES string of the molecule is C[C@@H](NC(=O)COc1ccc(C#N)cc1)c1ccc(Cl)cc1Cl. The topological polar surface area (TPSA) is 62.1 Å². The third kappa shape index (κ3) is 4.88. The Kier molecular flexibility index (Phi) is 5.86. The molecule has 2 aromatic carbocycles. The van der Waals surface area contributed by atoms with E-state index < -0.39 is 0 Å². The van der Waals surface area contributed by atoms with Crippen LogP contribution in [-0.2, 0) is 4.79 Å². The number of nitrogens with one attached hydrogen (secondary N) is 1. The summed E-state index contributed by atoms with van der Waals surface area (Å²) < 4.78 is 5.38. The van der Waals surface area contributed by atoms with E-state index in [2.05, 4.69) is 5.32 Å². The van der Waals surface area contributed by atoms with Gasteiger partial charge in [0, 0.05) is 10.0 Å². The Balaban J connectivity index is 1.89. The Morgan fingerprint density at radius 2 is 1.96 bits per heavy atom. The van der Waals surface area contributed by atoms with E-state index in [1.807, 2.05) is 13.0 Å². The van der Waals surface area contributed by atoms with Crippen molar-refractivity contribution < 1.29 is 9.53 Å². The molecule has 6 heteroatoms. The predicted octanol–water partition coefficient (Wildman–Crippen LogP) is 4.12. The lowest BCUT2D eigenvalue weighted by Crippen LogP contribution is -2.31. The first-order chi connectivity index (χ1) is 11.0. The quantitative estimate of drug-likeness (QED) is 0.883. The highest BCUT2D eigenvalue weighted by Gasteiger charge is 2.13. The average Bonchev–Trinajstić information content (AvgIpc) is 2.53. The zero-order valence-electron chi connectivity index (χ0n) is 12.3. The fourth-order valence-corrected chi connectivity index (χ4v) is 2.56. The van der Waals surface area contributed by atoms with E-state index in [0.717, 1.165) is 5.56 Å². The summed E-state index contributed by atoms with van der Waals surface area (Å²) in [6, 6.07) is 13.4. The molecule has 0 heterocycles. The summed E-state index contributed by atoms with van der Waals surface area (Å²) in [5.74, 6) is 0.254. The number of benzene rings is 2. The molecule has 0 aliphatic carbocycles. The molecule has 0 aromatic heterocycles. The molecule has 0 fully saturated rings. The number of ether oxygens (including phenoxy) is 1. The second kappa shape index (κ2) is 7.87. The fraction of sp³-hybridized carbons (Fsp3) is 0.176. The van der Waals surface area contributed by atoms with Gasteiger partial charge in [0.1, 0.15) is 5.75 Å². The van der Waals surface area contributed by atoms with Crippen molar-refractivity contribution in [2.75, 3.05) is 6.61 Å². The van der Waals surface area contributed by atoms with Crippen molar-refractivity contribution in [3.8, 4) is 11.8 Å². The number of nitrogens with zero attached hydrogens (tertiary/aromatic N) is 1. The normalized spacial score (nSPS) is 11.4. The molecule has 0 aliphatic heterocycles. The van der Waals surface area contributed by atoms with Crippen LogP contribution in [0.3, 0.4) is 0 Å². The van der Waals surface area contributed by atoms with E-state index in [1.165, 1.54) is 0 Å². The van der Waals surface area contributed by atoms with Gasteiger partial charge >= 0.3 is 0 Å². The minimum absolute atomic E-state index is 0.124. The first-order valence-electron chi connectivity index (χ1n) is 6.87. The van der Waals surface area contributed by atoms with Crippen LogP contribution >= 0.6 is 23.2 Å². The lowest BCUT2D eigenvalue weighted by molar-refractivity contribution is -0.123. The Bertz CT molecular complexity index is 739. The molecular formula is C17H14Cl2N2O2. The molecule has 1 N–H and O–H groups in total. The van der Waals surface area contributed by atoms with Gasteiger partial charge in [0.05, 0.1) is 17.7 Å². The summed E-state index contributed by atoms with van der Waals surface area (Å²) in [6.07, 6.45) is 0. The van der Waals surface area contributed by atoms with Crippen LogP contribution in [0.25, 0.3) is 0 Å². The van der Waals surface area contributed by atoms with Crippen LogP contribution in [0, 0.1) is 11.3 Å². The van der Waals surface area contributed by atoms with Crippen LogP contribution in [0.1, 0.15) is 24.1 Å². The third-order valence-corrected chi connectivity index (χ3v) is 3.72. The highest BCUT2D eigenvalue weighted by molar-refractivity contribution is 6.35. The van der Waals surface area contributed by atoms with Gasteiger partial charge in [-0.25, -0.2) is 0 Å². The molecule has 0 bridgehead atoms. The van der Waals surface area contributed by atoms with Crippen LogP contribution in [-0.4, -0.2) is 12.5 Å². The number of hydrogen-bond acceptors (Lipinski definition) is 3. The lowest BCUT2D eigenvalue weighted by Gasteiger charge is -2.16. The summed E-state index contributed by atoms with van der Waals surface area (Å²) in [5, 5.41) is 12.6. The Morgan fingerprint density at radius 1 is 1.26 bits per heavy atom. The van der Waals surface area contributed by atoms with Gasteiger partial charge in [0.15, 0.2) is 6.61 Å². The number of halogens is 2. The van der Waals surface area contributed by atoms with Gasteiger partial charge in [-0.15, -0.1) is 0 Å². The maximum atomic E-state index is 11.9. The number of rotatable bonds is 5. The molecule has 2 rings (SSSR count). The summed E-state index contributed by atoms with van der Waals surface area (Å²) in [7, 11) is 0. The maximum absolute atomic E-state index is 11.9. The largest absolute Gasteiger partial charge is 0.484 e. The van der Waals surface area contributed by atoms with Gasteiger partial charge in [-0.3, -0.25) is 4.79 Å². The standard InChI is InChI=1S/C17H14Cl2N2O2/c1-11(15-7-4-13(18)8-16(15)19)21-17(22)10-23-14-5-2-12(9-20)3-6-14/h2-8,11H,10H2,1H3,(H,21,22)/t11-/m1/s1. The Labute approximate surface area is 144 Å². The molecule has 0 unspecified atom stereocenters. The molecule has 0 saturated carbocycles. The van der Waals surface area contributed by atoms with E-state index >= 15 is 0 Å². The van der Waals surface area contributed by atoms with Crippen LogP contribution in [0.4, 0.5) is 0 Å². The second-order valence-corrected chi connectivity index (χ2v) is 5.72. The van der Waals surface area contributed by atoms with Crippen molar-refractivity contribution >= 4 is 29.1 Å². The van der Waals surface area contributed by atoms with Crippen molar-refractivity contribution in [1.29, 1.82) is 5.26 Å². The molecule has 4 nitrogen and oxygen atoms in total. The summed E-state index contributed by atoms with van der Waals surface area (Å²) in [6.45, 7) is 1.70. The molecule has 1 atom stereocenters. The Hall–Kier alpha value is -2.22. The molecule has 0 saturated heterocycles. The first kappa shape index (κ1) is 17.1. The second-order valence-electron chi connectivity index (χ2n) is 4.88. The molecule has 0 aliphatic rings. The molecule has 0 radical (unpaired) electrons. The van der Waals surface area contributed by atoms with Gasteiger partial charge in [0.2, 0.25) is 0 Å². The highest BCUT2D eigenvalue weighted by atomic mass is 35.5. The van der Waals surface area contributed by atoms with E-state index in [1.54, 1.807) is 42.5 Å². The van der Waals surface area contributed by atoms with E-state index in [9.17, 15) is 4.79 Å². The molecule has 2 aromatic rings. The minimum atomic E-state index is -0.270. The lowest BCUT2D eigenvalue weighted by atomic mass is 10.1. The van der Waals surface area contributed by atoms with E-state index in [-0.39, 0.29) is 18.6 Å². The van der Waals surface area contributed by atoms with E-state index in [0.29, 0.717) is 21.4 Å². The average molecular weight is 349 g/mol. The molecule has 0 spiro atoms. The fourth-order valence-electron chi connectivity index (χ4n) is 1.99. The number of amides is 1. The number of carbonyl (C=O) groups is 1. The minimum Gasteiger partial charge on any atom is -0.484 e. The van der Waals surface area contributed by atoms with Gasteiger partial charge in [-0.2, -0.15) is 5.26 Å². The first-order valence-corrected chi connectivity index (χ1v) is 7.62. The van der Waals surface area contributed by atoms with Crippen molar-refractivity contribution in [3.05, 3.63) is 63.6 Å². The number of nitriles is 1. The zero-order valence-corrected chi connectivity index (χ0v) is 13.9. The number of carbonyl (C=O) groups excluding carboxylic acids is 1. The van der Waals surface area contributed by atoms with Gasteiger partial charge < -0.3 is 10.1 Å². The number of hydrogen-bond donors (Lipinski definition) is 1. The molecule has 23 heavy (non-hydrogen) atoms. The van der Waals surface area contributed by atoms with Crippen molar-refractivity contribution in [3.63, 3.8) is 0 Å². The smallest absolute Gasteiger partial charge is 0.258 e. The van der Waals surface area contributed by atoms with Crippen LogP contribution in [0.5, 0.6) is 5.75 Å². The molecule has 1 amide bonds. The Morgan fingerprint density at radius 3 is 2.57 bits per heavy atom. The van der Waals surface area contributed by atoms with Crippen LogP contribution in [0.15, 0.2) is 42.5 Å². The molecular weight excluding hydrogens is 335 g/mol. The zero-order chi connectivity index (χ0) is 16.8. The van der Waals surface area contributed by atoms with Crippen LogP contribution in [0.2, 0.25) is 10.0 Å².